The van der Waals surface area contributed by atoms with Gasteiger partial charge in [0, 0.05) is 13.2 Å². The Labute approximate surface area is 129 Å². The maximum absolute atomic E-state index is 11.9. The minimum atomic E-state index is -0.426. The number of carbonyl (C=O) groups excluding carboxylic acids is 1. The molecule has 0 unspecified atom stereocenters. The molecule has 1 aromatic heterocycles. The van der Waals surface area contributed by atoms with Crippen molar-refractivity contribution < 1.29 is 14.6 Å². The lowest BCUT2D eigenvalue weighted by Crippen LogP contribution is -2.18. The van der Waals surface area contributed by atoms with Gasteiger partial charge in [-0.25, -0.2) is 5.43 Å². The first-order valence-corrected chi connectivity index (χ1v) is 6.70. The minimum Gasteiger partial charge on any atom is -0.504 e. The van der Waals surface area contributed by atoms with Crippen LogP contribution in [0.5, 0.6) is 11.5 Å². The van der Waals surface area contributed by atoms with E-state index in [1.54, 1.807) is 25.4 Å². The topological polar surface area (TPSA) is 88.7 Å². The zero-order valence-corrected chi connectivity index (χ0v) is 13.0. The molecule has 0 bridgehead atoms. The molecule has 0 aliphatic heterocycles. The van der Waals surface area contributed by atoms with Gasteiger partial charge >= 0.3 is 0 Å². The fourth-order valence-corrected chi connectivity index (χ4v) is 2.16. The molecule has 2 N–H and O–H groups in total. The van der Waals surface area contributed by atoms with Crippen LogP contribution in [0.2, 0.25) is 0 Å². The van der Waals surface area contributed by atoms with Gasteiger partial charge in [-0.2, -0.15) is 10.2 Å². The number of aryl methyl sites for hydroxylation is 1. The first-order valence-electron chi connectivity index (χ1n) is 5.91. The Morgan fingerprint density at radius 2 is 2.33 bits per heavy atom. The van der Waals surface area contributed by atoms with Crippen molar-refractivity contribution in [2.75, 3.05) is 7.11 Å². The molecule has 1 amide bonds. The summed E-state index contributed by atoms with van der Waals surface area (Å²) in [6.07, 6.45) is 3.11. The van der Waals surface area contributed by atoms with Gasteiger partial charge in [0.05, 0.1) is 17.8 Å². The molecule has 0 saturated heterocycles. The quantitative estimate of drug-likeness (QED) is 0.646. The third-order valence-electron chi connectivity index (χ3n) is 2.58. The molecule has 0 aliphatic carbocycles. The molecule has 1 heterocycles. The predicted octanol–water partition coefficient (Wildman–Crippen LogP) is 1.66. The van der Waals surface area contributed by atoms with Crippen LogP contribution in [0.25, 0.3) is 0 Å². The largest absolute Gasteiger partial charge is 0.504 e. The Bertz CT molecular complexity index is 697. The molecule has 21 heavy (non-hydrogen) atoms. The number of nitrogens with zero attached hydrogens (tertiary/aromatic N) is 3. The summed E-state index contributed by atoms with van der Waals surface area (Å²) in [7, 11) is 3.17. The fourth-order valence-electron chi connectivity index (χ4n) is 1.61. The molecule has 2 aromatic rings. The second-order valence-corrected chi connectivity index (χ2v) is 4.98. The van der Waals surface area contributed by atoms with E-state index >= 15 is 0 Å². The van der Waals surface area contributed by atoms with Crippen LogP contribution in [-0.2, 0) is 7.05 Å². The average molecular weight is 353 g/mol. The Hall–Kier alpha value is -2.35. The van der Waals surface area contributed by atoms with Gasteiger partial charge in [-0.3, -0.25) is 9.48 Å². The minimum absolute atomic E-state index is 0.0381. The molecule has 0 atom stereocenters. The van der Waals surface area contributed by atoms with Crippen molar-refractivity contribution in [3.05, 3.63) is 40.1 Å². The average Bonchev–Trinajstić information content (AvgIpc) is 2.79. The lowest BCUT2D eigenvalue weighted by molar-refractivity contribution is 0.0948. The highest BCUT2D eigenvalue weighted by Crippen LogP contribution is 2.25. The van der Waals surface area contributed by atoms with Crippen molar-refractivity contribution in [3.63, 3.8) is 0 Å². The number of methoxy groups -OCH3 is 1. The lowest BCUT2D eigenvalue weighted by Gasteiger charge is -2.03. The number of hydrogen-bond acceptors (Lipinski definition) is 5. The number of phenolic OH excluding ortho intramolecular Hbond substituents is 1. The molecule has 0 spiro atoms. The van der Waals surface area contributed by atoms with Crippen LogP contribution in [0.4, 0.5) is 0 Å². The van der Waals surface area contributed by atoms with E-state index in [0.29, 0.717) is 15.8 Å². The van der Waals surface area contributed by atoms with Gasteiger partial charge in [0.25, 0.3) is 5.91 Å². The number of nitrogens with one attached hydrogen (secondary N) is 1. The molecule has 0 fully saturated rings. The van der Waals surface area contributed by atoms with Crippen molar-refractivity contribution in [2.45, 2.75) is 0 Å². The summed E-state index contributed by atoms with van der Waals surface area (Å²) < 4.78 is 7.09. The zero-order chi connectivity index (χ0) is 15.4. The summed E-state index contributed by atoms with van der Waals surface area (Å²) >= 11 is 3.24. The van der Waals surface area contributed by atoms with Crippen molar-refractivity contribution in [2.24, 2.45) is 12.1 Å². The van der Waals surface area contributed by atoms with Crippen LogP contribution in [-0.4, -0.2) is 34.1 Å². The number of amides is 1. The summed E-state index contributed by atoms with van der Waals surface area (Å²) in [5.41, 5.74) is 3.29. The normalized spacial score (nSPS) is 10.8. The number of phenols is 1. The van der Waals surface area contributed by atoms with Crippen molar-refractivity contribution in [3.8, 4) is 11.5 Å². The van der Waals surface area contributed by atoms with E-state index in [9.17, 15) is 9.90 Å². The zero-order valence-electron chi connectivity index (χ0n) is 11.4. The van der Waals surface area contributed by atoms with Gasteiger partial charge in [0.2, 0.25) is 0 Å². The molecule has 7 nitrogen and oxygen atoms in total. The maximum atomic E-state index is 11.9. The number of aromatic nitrogens is 2. The van der Waals surface area contributed by atoms with Gasteiger partial charge in [-0.05, 0) is 39.7 Å². The molecule has 0 saturated carbocycles. The van der Waals surface area contributed by atoms with Crippen LogP contribution in [0.3, 0.4) is 0 Å². The summed E-state index contributed by atoms with van der Waals surface area (Å²) in [4.78, 5) is 11.9. The lowest BCUT2D eigenvalue weighted by atomic mass is 10.2. The Kier molecular flexibility index (Phi) is 4.59. The van der Waals surface area contributed by atoms with E-state index in [4.69, 9.17) is 4.74 Å². The molecule has 110 valence electrons. The Balaban J connectivity index is 2.05. The number of hydrazone groups is 1. The third kappa shape index (κ3) is 3.60. The molecule has 2 rings (SSSR count). The van der Waals surface area contributed by atoms with E-state index in [1.807, 2.05) is 0 Å². The summed E-state index contributed by atoms with van der Waals surface area (Å²) in [5.74, 6) is -0.0571. The van der Waals surface area contributed by atoms with Crippen LogP contribution in [0.1, 0.15) is 16.1 Å². The van der Waals surface area contributed by atoms with Gasteiger partial charge in [-0.15, -0.1) is 0 Å². The number of rotatable bonds is 4. The maximum Gasteiger partial charge on any atom is 0.293 e. The highest BCUT2D eigenvalue weighted by molar-refractivity contribution is 9.10. The van der Waals surface area contributed by atoms with Crippen LogP contribution >= 0.6 is 15.9 Å². The van der Waals surface area contributed by atoms with Crippen molar-refractivity contribution in [1.29, 1.82) is 0 Å². The summed E-state index contributed by atoms with van der Waals surface area (Å²) in [5, 5.41) is 17.3. The highest BCUT2D eigenvalue weighted by atomic mass is 79.9. The first-order chi connectivity index (χ1) is 10.0. The van der Waals surface area contributed by atoms with Crippen molar-refractivity contribution >= 4 is 28.1 Å². The highest BCUT2D eigenvalue weighted by Gasteiger charge is 2.13. The molecular weight excluding hydrogens is 340 g/mol. The molecule has 1 aromatic carbocycles. The Morgan fingerprint density at radius 3 is 2.95 bits per heavy atom. The van der Waals surface area contributed by atoms with Gasteiger partial charge in [-0.1, -0.05) is 0 Å². The standard InChI is InChI=1S/C13H13BrN4O3/c1-18-7-9(14)12(17-18)13(20)16-15-6-8-3-4-10(19)11(5-8)21-2/h3-7,19H,1-2H3,(H,16,20)/b15-6+. The summed E-state index contributed by atoms with van der Waals surface area (Å²) in [6.45, 7) is 0. The predicted molar refractivity (Wildman–Crippen MR) is 80.6 cm³/mol. The van der Waals surface area contributed by atoms with E-state index in [2.05, 4.69) is 31.6 Å². The van der Waals surface area contributed by atoms with E-state index in [1.165, 1.54) is 24.1 Å². The number of aromatic hydroxyl groups is 1. The number of ether oxygens (including phenoxy) is 1. The van der Waals surface area contributed by atoms with Gasteiger partial charge in [0.1, 0.15) is 0 Å². The second kappa shape index (κ2) is 6.40. The molecule has 0 radical (unpaired) electrons. The fraction of sp³-hybridized carbons (Fsp3) is 0.154. The number of halogens is 1. The number of carbonyl (C=O) groups is 1. The van der Waals surface area contributed by atoms with Gasteiger partial charge < -0.3 is 9.84 Å². The Morgan fingerprint density at radius 1 is 1.57 bits per heavy atom. The molecule has 0 aliphatic rings. The van der Waals surface area contributed by atoms with Crippen LogP contribution in [0.15, 0.2) is 34.0 Å². The van der Waals surface area contributed by atoms with Gasteiger partial charge in [0.15, 0.2) is 17.2 Å². The monoisotopic (exact) mass is 352 g/mol. The third-order valence-corrected chi connectivity index (χ3v) is 3.16. The smallest absolute Gasteiger partial charge is 0.293 e. The van der Waals surface area contributed by atoms with Crippen molar-refractivity contribution in [1.82, 2.24) is 15.2 Å². The summed E-state index contributed by atoms with van der Waals surface area (Å²) in [6, 6.07) is 4.73. The number of benzene rings is 1. The second-order valence-electron chi connectivity index (χ2n) is 4.13. The SMILES string of the molecule is COc1cc(/C=N/NC(=O)c2nn(C)cc2Br)ccc1O. The van der Waals surface area contributed by atoms with E-state index in [-0.39, 0.29) is 11.4 Å². The van der Waals surface area contributed by atoms with E-state index in [0.717, 1.165) is 0 Å². The molecular formula is C13H13BrN4O3. The first kappa shape index (κ1) is 15.0. The van der Waals surface area contributed by atoms with E-state index < -0.39 is 5.91 Å². The number of hydrogen-bond donors (Lipinski definition) is 2. The van der Waals surface area contributed by atoms with Crippen LogP contribution < -0.4 is 10.2 Å². The molecule has 8 heteroatoms. The van der Waals surface area contributed by atoms with Crippen LogP contribution in [0, 0.1) is 0 Å².